The van der Waals surface area contributed by atoms with Gasteiger partial charge in [-0.2, -0.15) is 0 Å². The number of hydrogen-bond acceptors (Lipinski definition) is 2. The standard InChI is InChI=1S/C8H13NO/c1-8-3-2-6(5-8)4-7(8)9-10/h6,10H,2-5H2,1H3. The molecule has 2 heteroatoms. The Bertz CT molecular complexity index is 188. The first-order chi connectivity index (χ1) is 4.74. The van der Waals surface area contributed by atoms with Gasteiger partial charge >= 0.3 is 0 Å². The van der Waals surface area contributed by atoms with Gasteiger partial charge in [0, 0.05) is 5.41 Å². The first kappa shape index (κ1) is 6.20. The summed E-state index contributed by atoms with van der Waals surface area (Å²) in [6, 6.07) is 0. The van der Waals surface area contributed by atoms with Crippen molar-refractivity contribution in [3.8, 4) is 0 Å². The van der Waals surface area contributed by atoms with Crippen molar-refractivity contribution in [3.63, 3.8) is 0 Å². The number of nitrogens with zero attached hydrogens (tertiary/aromatic N) is 1. The Morgan fingerprint density at radius 3 is 2.80 bits per heavy atom. The lowest BCUT2D eigenvalue weighted by molar-refractivity contribution is 0.307. The van der Waals surface area contributed by atoms with Crippen LogP contribution in [0.2, 0.25) is 0 Å². The molecule has 56 valence electrons. The van der Waals surface area contributed by atoms with Crippen LogP contribution in [-0.2, 0) is 0 Å². The van der Waals surface area contributed by atoms with E-state index in [0.29, 0.717) is 0 Å². The van der Waals surface area contributed by atoms with Gasteiger partial charge in [-0.25, -0.2) is 0 Å². The van der Waals surface area contributed by atoms with Gasteiger partial charge in [-0.05, 0) is 31.6 Å². The Labute approximate surface area is 60.9 Å². The summed E-state index contributed by atoms with van der Waals surface area (Å²) in [5.41, 5.74) is 1.32. The van der Waals surface area contributed by atoms with Crippen molar-refractivity contribution < 1.29 is 5.21 Å². The van der Waals surface area contributed by atoms with Gasteiger partial charge in [-0.1, -0.05) is 12.1 Å². The van der Waals surface area contributed by atoms with Gasteiger partial charge in [0.05, 0.1) is 5.71 Å². The summed E-state index contributed by atoms with van der Waals surface area (Å²) in [4.78, 5) is 0. The molecule has 0 radical (unpaired) electrons. The number of hydrogen-bond donors (Lipinski definition) is 1. The highest BCUT2D eigenvalue weighted by Gasteiger charge is 2.46. The average Bonchev–Trinajstić information content (AvgIpc) is 2.41. The predicted molar refractivity (Wildman–Crippen MR) is 39.3 cm³/mol. The minimum atomic E-state index is 0.277. The molecule has 2 fully saturated rings. The lowest BCUT2D eigenvalue weighted by Crippen LogP contribution is -2.21. The van der Waals surface area contributed by atoms with Gasteiger partial charge in [0.2, 0.25) is 0 Å². The van der Waals surface area contributed by atoms with Crippen molar-refractivity contribution in [2.75, 3.05) is 0 Å². The highest BCUT2D eigenvalue weighted by atomic mass is 16.4. The van der Waals surface area contributed by atoms with Crippen LogP contribution in [0.1, 0.15) is 32.6 Å². The summed E-state index contributed by atoms with van der Waals surface area (Å²) in [5, 5.41) is 12.0. The predicted octanol–water partition coefficient (Wildman–Crippen LogP) is 2.03. The molecule has 2 atom stereocenters. The van der Waals surface area contributed by atoms with Crippen molar-refractivity contribution in [1.82, 2.24) is 0 Å². The quantitative estimate of drug-likeness (QED) is 0.404. The van der Waals surface area contributed by atoms with Gasteiger partial charge in [0.1, 0.15) is 0 Å². The molecule has 2 unspecified atom stereocenters. The third-order valence-electron chi connectivity index (χ3n) is 3.14. The fourth-order valence-electron chi connectivity index (χ4n) is 2.48. The molecule has 0 heterocycles. The van der Waals surface area contributed by atoms with Gasteiger partial charge < -0.3 is 5.21 Å². The van der Waals surface area contributed by atoms with Gasteiger partial charge in [-0.15, -0.1) is 0 Å². The number of oxime groups is 1. The fraction of sp³-hybridized carbons (Fsp3) is 0.875. The van der Waals surface area contributed by atoms with Crippen molar-refractivity contribution >= 4 is 5.71 Å². The van der Waals surface area contributed by atoms with Crippen LogP contribution in [0.25, 0.3) is 0 Å². The second-order valence-corrected chi connectivity index (χ2v) is 3.92. The third kappa shape index (κ3) is 0.619. The molecule has 2 bridgehead atoms. The Morgan fingerprint density at radius 1 is 1.70 bits per heavy atom. The van der Waals surface area contributed by atoms with Gasteiger partial charge in [0.15, 0.2) is 0 Å². The molecule has 0 amide bonds. The summed E-state index contributed by atoms with van der Waals surface area (Å²) in [6.07, 6.45) is 4.88. The largest absolute Gasteiger partial charge is 0.411 e. The molecule has 1 N–H and O–H groups in total. The topological polar surface area (TPSA) is 32.6 Å². The van der Waals surface area contributed by atoms with E-state index in [1.54, 1.807) is 0 Å². The Balaban J connectivity index is 2.30. The van der Waals surface area contributed by atoms with Crippen molar-refractivity contribution in [1.29, 1.82) is 0 Å². The van der Waals surface area contributed by atoms with Crippen LogP contribution >= 0.6 is 0 Å². The summed E-state index contributed by atoms with van der Waals surface area (Å²) < 4.78 is 0. The zero-order valence-corrected chi connectivity index (χ0v) is 6.30. The average molecular weight is 139 g/mol. The molecule has 0 saturated heterocycles. The lowest BCUT2D eigenvalue weighted by Gasteiger charge is -2.20. The number of rotatable bonds is 0. The molecular weight excluding hydrogens is 126 g/mol. The van der Waals surface area contributed by atoms with Gasteiger partial charge in [-0.3, -0.25) is 0 Å². The highest BCUT2D eigenvalue weighted by molar-refractivity contribution is 5.92. The normalized spacial score (nSPS) is 48.9. The minimum Gasteiger partial charge on any atom is -0.411 e. The Morgan fingerprint density at radius 2 is 2.50 bits per heavy atom. The van der Waals surface area contributed by atoms with E-state index in [1.807, 2.05) is 0 Å². The molecule has 0 aromatic carbocycles. The van der Waals surface area contributed by atoms with Crippen LogP contribution in [0, 0.1) is 11.3 Å². The van der Waals surface area contributed by atoms with Crippen molar-refractivity contribution in [2.45, 2.75) is 32.6 Å². The van der Waals surface area contributed by atoms with Crippen LogP contribution in [0.5, 0.6) is 0 Å². The molecule has 2 saturated carbocycles. The summed E-state index contributed by atoms with van der Waals surface area (Å²) >= 11 is 0. The maximum Gasteiger partial charge on any atom is 0.0632 e. The van der Waals surface area contributed by atoms with E-state index in [-0.39, 0.29) is 5.41 Å². The Hall–Kier alpha value is -0.530. The second kappa shape index (κ2) is 1.74. The minimum absolute atomic E-state index is 0.277. The fourth-order valence-corrected chi connectivity index (χ4v) is 2.48. The molecule has 2 aliphatic carbocycles. The smallest absolute Gasteiger partial charge is 0.0632 e. The third-order valence-corrected chi connectivity index (χ3v) is 3.14. The van der Waals surface area contributed by atoms with Crippen LogP contribution < -0.4 is 0 Å². The highest BCUT2D eigenvalue weighted by Crippen LogP contribution is 2.51. The molecule has 0 aromatic rings. The first-order valence-electron chi connectivity index (χ1n) is 3.96. The van der Waals surface area contributed by atoms with E-state index >= 15 is 0 Å². The summed E-state index contributed by atoms with van der Waals surface area (Å²) in [5.74, 6) is 0.830. The molecule has 0 aliphatic heterocycles. The molecule has 2 rings (SSSR count). The molecular formula is C8H13NO. The van der Waals surface area contributed by atoms with Crippen LogP contribution in [0.3, 0.4) is 0 Å². The van der Waals surface area contributed by atoms with Crippen molar-refractivity contribution in [3.05, 3.63) is 0 Å². The first-order valence-corrected chi connectivity index (χ1v) is 3.96. The van der Waals surface area contributed by atoms with Gasteiger partial charge in [0.25, 0.3) is 0 Å². The summed E-state index contributed by atoms with van der Waals surface area (Å²) in [7, 11) is 0. The van der Waals surface area contributed by atoms with E-state index in [1.165, 1.54) is 19.3 Å². The van der Waals surface area contributed by atoms with E-state index in [2.05, 4.69) is 12.1 Å². The lowest BCUT2D eigenvalue weighted by atomic mass is 9.85. The zero-order valence-electron chi connectivity index (χ0n) is 6.30. The van der Waals surface area contributed by atoms with Crippen molar-refractivity contribution in [2.24, 2.45) is 16.5 Å². The van der Waals surface area contributed by atoms with E-state index in [9.17, 15) is 0 Å². The molecule has 10 heavy (non-hydrogen) atoms. The number of fused-ring (bicyclic) bond motifs is 2. The molecule has 2 aliphatic rings. The SMILES string of the molecule is CC12CCC(CC1=NO)C2. The maximum absolute atomic E-state index is 8.64. The van der Waals surface area contributed by atoms with Crippen LogP contribution in [-0.4, -0.2) is 10.9 Å². The molecule has 0 spiro atoms. The van der Waals surface area contributed by atoms with Crippen LogP contribution in [0.4, 0.5) is 0 Å². The van der Waals surface area contributed by atoms with Crippen LogP contribution in [0.15, 0.2) is 5.16 Å². The zero-order chi connectivity index (χ0) is 7.19. The summed E-state index contributed by atoms with van der Waals surface area (Å²) in [6.45, 7) is 2.22. The molecule has 2 nitrogen and oxygen atoms in total. The monoisotopic (exact) mass is 139 g/mol. The Kier molecular flexibility index (Phi) is 1.08. The maximum atomic E-state index is 8.64. The second-order valence-electron chi connectivity index (χ2n) is 3.92. The van der Waals surface area contributed by atoms with E-state index in [0.717, 1.165) is 18.1 Å². The van der Waals surface area contributed by atoms with E-state index in [4.69, 9.17) is 5.21 Å². The molecule has 0 aromatic heterocycles. The van der Waals surface area contributed by atoms with E-state index < -0.39 is 0 Å².